The van der Waals surface area contributed by atoms with E-state index in [1.807, 2.05) is 30.3 Å². The van der Waals surface area contributed by atoms with Gasteiger partial charge in [0.15, 0.2) is 4.64 Å². The predicted molar refractivity (Wildman–Crippen MR) is 90.3 cm³/mol. The van der Waals surface area contributed by atoms with Gasteiger partial charge in [-0.15, -0.1) is 0 Å². The van der Waals surface area contributed by atoms with Gasteiger partial charge >= 0.3 is 0 Å². The predicted octanol–water partition coefficient (Wildman–Crippen LogP) is 3.66. The van der Waals surface area contributed by atoms with Gasteiger partial charge in [-0.3, -0.25) is 0 Å². The number of aromatic amines is 1. The molecule has 0 fully saturated rings. The van der Waals surface area contributed by atoms with Gasteiger partial charge in [-0.05, 0) is 18.5 Å². The Balaban J connectivity index is 2.41. The van der Waals surface area contributed by atoms with Crippen LogP contribution < -0.4 is 5.73 Å². The van der Waals surface area contributed by atoms with Crippen molar-refractivity contribution in [2.75, 3.05) is 6.54 Å². The van der Waals surface area contributed by atoms with Crippen molar-refractivity contribution in [1.82, 2.24) is 14.5 Å². The number of hydrogen-bond donors (Lipinski definition) is 2. The van der Waals surface area contributed by atoms with Gasteiger partial charge in [-0.25, -0.2) is 9.83 Å². The average Bonchev–Trinajstić information content (AvgIpc) is 2.88. The second kappa shape index (κ2) is 6.10. The molecule has 0 unspecified atom stereocenters. The lowest BCUT2D eigenvalue weighted by atomic mass is 10.1. The first kappa shape index (κ1) is 14.4. The zero-order valence-corrected chi connectivity index (χ0v) is 12.7. The molecule has 0 bridgehead atoms. The summed E-state index contributed by atoms with van der Waals surface area (Å²) in [6.45, 7) is 8.87. The topological polar surface area (TPSA) is 64.0 Å². The first-order valence-electron chi connectivity index (χ1n) is 7.00. The largest absolute Gasteiger partial charge is 0.354 e. The molecule has 1 aromatic carbocycles. The highest BCUT2D eigenvalue weighted by atomic mass is 32.1. The Morgan fingerprint density at radius 2 is 2.09 bits per heavy atom. The van der Waals surface area contributed by atoms with Gasteiger partial charge < -0.3 is 15.3 Å². The number of nitrogens with two attached hydrogens (primary N) is 1. The Hall–Kier alpha value is -2.49. The molecule has 0 saturated heterocycles. The van der Waals surface area contributed by atoms with E-state index >= 15 is 0 Å². The van der Waals surface area contributed by atoms with Gasteiger partial charge in [-0.2, -0.15) is 0 Å². The van der Waals surface area contributed by atoms with Crippen LogP contribution in [0.1, 0.15) is 6.42 Å². The summed E-state index contributed by atoms with van der Waals surface area (Å²) < 4.78 is 2.56. The highest BCUT2D eigenvalue weighted by molar-refractivity contribution is 7.71. The first-order valence-corrected chi connectivity index (χ1v) is 7.41. The van der Waals surface area contributed by atoms with E-state index in [4.69, 9.17) is 24.5 Å². The fourth-order valence-corrected chi connectivity index (χ4v) is 2.92. The van der Waals surface area contributed by atoms with E-state index in [2.05, 4.69) is 19.4 Å². The molecule has 2 heterocycles. The highest BCUT2D eigenvalue weighted by Crippen LogP contribution is 2.39. The van der Waals surface area contributed by atoms with Crippen LogP contribution in [0.15, 0.2) is 36.7 Å². The summed E-state index contributed by atoms with van der Waals surface area (Å²) >= 11 is 5.38. The standard InChI is InChI=1S/C16H15N5S/c1-18-12-13-15(16(22)20-10-19-13)21(9-5-8-17)14(12)11-6-3-2-4-7-11/h2-4,6-7,10H,5,8-9,17H2,(H,19,20,22). The van der Waals surface area contributed by atoms with Gasteiger partial charge in [-0.1, -0.05) is 42.5 Å². The molecule has 0 saturated carbocycles. The van der Waals surface area contributed by atoms with E-state index in [1.165, 1.54) is 0 Å². The molecule has 0 aliphatic heterocycles. The maximum atomic E-state index is 7.59. The van der Waals surface area contributed by atoms with Crippen molar-refractivity contribution in [3.05, 3.63) is 52.7 Å². The minimum atomic E-state index is 0.498. The Morgan fingerprint density at radius 1 is 1.32 bits per heavy atom. The van der Waals surface area contributed by atoms with Gasteiger partial charge in [0, 0.05) is 6.54 Å². The van der Waals surface area contributed by atoms with E-state index < -0.39 is 0 Å². The van der Waals surface area contributed by atoms with Crippen molar-refractivity contribution in [3.63, 3.8) is 0 Å². The first-order chi connectivity index (χ1) is 10.8. The summed E-state index contributed by atoms with van der Waals surface area (Å²) in [5.74, 6) is 0. The number of fused-ring (bicyclic) bond motifs is 1. The molecule has 0 atom stereocenters. The number of rotatable bonds is 4. The molecule has 0 radical (unpaired) electrons. The lowest BCUT2D eigenvalue weighted by Crippen LogP contribution is -2.07. The molecule has 0 amide bonds. The van der Waals surface area contributed by atoms with Gasteiger partial charge in [0.1, 0.15) is 0 Å². The van der Waals surface area contributed by atoms with Crippen molar-refractivity contribution in [2.24, 2.45) is 5.73 Å². The van der Waals surface area contributed by atoms with Crippen molar-refractivity contribution in [1.29, 1.82) is 0 Å². The van der Waals surface area contributed by atoms with Crippen LogP contribution in [0.25, 0.3) is 27.1 Å². The molecule has 6 heteroatoms. The van der Waals surface area contributed by atoms with Crippen LogP contribution in [-0.2, 0) is 6.54 Å². The van der Waals surface area contributed by atoms with Gasteiger partial charge in [0.05, 0.1) is 29.6 Å². The summed E-state index contributed by atoms with van der Waals surface area (Å²) in [5.41, 5.74) is 9.64. The van der Waals surface area contributed by atoms with Crippen LogP contribution >= 0.6 is 12.2 Å². The molecule has 3 N–H and O–H groups in total. The zero-order chi connectivity index (χ0) is 15.5. The van der Waals surface area contributed by atoms with Crippen molar-refractivity contribution in [3.8, 4) is 11.3 Å². The Bertz CT molecular complexity index is 902. The van der Waals surface area contributed by atoms with Crippen LogP contribution in [0.2, 0.25) is 0 Å². The Kier molecular flexibility index (Phi) is 4.00. The second-order valence-electron chi connectivity index (χ2n) is 4.90. The third-order valence-electron chi connectivity index (χ3n) is 3.58. The maximum absolute atomic E-state index is 7.59. The average molecular weight is 309 g/mol. The molecule has 3 aromatic rings. The summed E-state index contributed by atoms with van der Waals surface area (Å²) in [7, 11) is 0. The smallest absolute Gasteiger partial charge is 0.235 e. The van der Waals surface area contributed by atoms with E-state index in [-0.39, 0.29) is 0 Å². The number of aryl methyl sites for hydroxylation is 1. The van der Waals surface area contributed by atoms with E-state index in [0.717, 1.165) is 28.7 Å². The molecular formula is C16H15N5S. The summed E-state index contributed by atoms with van der Waals surface area (Å²) in [6.07, 6.45) is 2.35. The van der Waals surface area contributed by atoms with Crippen LogP contribution in [0, 0.1) is 11.2 Å². The number of hydrogen-bond acceptors (Lipinski definition) is 3. The number of nitrogens with zero attached hydrogens (tertiary/aromatic N) is 3. The lowest BCUT2D eigenvalue weighted by molar-refractivity contribution is 0.675. The molecule has 110 valence electrons. The normalized spacial score (nSPS) is 10.7. The Morgan fingerprint density at radius 3 is 2.77 bits per heavy atom. The van der Waals surface area contributed by atoms with E-state index in [0.29, 0.717) is 23.4 Å². The highest BCUT2D eigenvalue weighted by Gasteiger charge is 2.20. The summed E-state index contributed by atoms with van der Waals surface area (Å²) in [6, 6.07) is 9.88. The summed E-state index contributed by atoms with van der Waals surface area (Å²) in [4.78, 5) is 11.0. The van der Waals surface area contributed by atoms with Crippen LogP contribution in [0.3, 0.4) is 0 Å². The molecule has 3 rings (SSSR count). The SMILES string of the molecule is [C-]#[N+]c1c(-c2ccccc2)n(CCCN)c2c(=S)nc[nH]c12. The number of H-pyrrole nitrogens is 1. The Labute approximate surface area is 133 Å². The van der Waals surface area contributed by atoms with Gasteiger partial charge in [0.2, 0.25) is 5.69 Å². The minimum Gasteiger partial charge on any atom is -0.354 e. The number of nitrogens with one attached hydrogen (secondary N) is 1. The molecular weight excluding hydrogens is 294 g/mol. The molecule has 0 aliphatic carbocycles. The number of aromatic nitrogens is 3. The summed E-state index contributed by atoms with van der Waals surface area (Å²) in [5, 5.41) is 0. The van der Waals surface area contributed by atoms with Crippen molar-refractivity contribution >= 4 is 28.9 Å². The minimum absolute atomic E-state index is 0.498. The molecule has 5 nitrogen and oxygen atoms in total. The maximum Gasteiger partial charge on any atom is 0.235 e. The van der Waals surface area contributed by atoms with Crippen molar-refractivity contribution < 1.29 is 0 Å². The van der Waals surface area contributed by atoms with Crippen LogP contribution in [0.5, 0.6) is 0 Å². The lowest BCUT2D eigenvalue weighted by Gasteiger charge is -2.11. The van der Waals surface area contributed by atoms with Crippen LogP contribution in [-0.4, -0.2) is 21.1 Å². The molecule has 22 heavy (non-hydrogen) atoms. The van der Waals surface area contributed by atoms with Crippen molar-refractivity contribution in [2.45, 2.75) is 13.0 Å². The molecule has 0 spiro atoms. The molecule has 0 aliphatic rings. The van der Waals surface area contributed by atoms with E-state index in [9.17, 15) is 0 Å². The quantitative estimate of drug-likeness (QED) is 0.571. The number of benzene rings is 1. The third-order valence-corrected chi connectivity index (χ3v) is 3.87. The third kappa shape index (κ3) is 2.30. The van der Waals surface area contributed by atoms with E-state index in [1.54, 1.807) is 6.33 Å². The van der Waals surface area contributed by atoms with Crippen LogP contribution in [0.4, 0.5) is 5.69 Å². The monoisotopic (exact) mass is 309 g/mol. The fraction of sp³-hybridized carbons (Fsp3) is 0.188. The van der Waals surface area contributed by atoms with Gasteiger partial charge in [0.25, 0.3) is 0 Å². The fourth-order valence-electron chi connectivity index (χ4n) is 2.65. The zero-order valence-electron chi connectivity index (χ0n) is 11.9. The molecule has 2 aromatic heterocycles. The second-order valence-corrected chi connectivity index (χ2v) is 5.29.